The smallest absolute Gasteiger partial charge is 0.254 e. The number of rotatable bonds is 6. The molecule has 6 nitrogen and oxygen atoms in total. The lowest BCUT2D eigenvalue weighted by Gasteiger charge is -2.09. The summed E-state index contributed by atoms with van der Waals surface area (Å²) in [5.74, 6) is 0.930. The van der Waals surface area contributed by atoms with Gasteiger partial charge in [0, 0.05) is 29.6 Å². The largest absolute Gasteiger partial charge is 0.497 e. The number of aromatic nitrogens is 2. The molecule has 0 spiro atoms. The average Bonchev–Trinajstić information content (AvgIpc) is 2.70. The van der Waals surface area contributed by atoms with Gasteiger partial charge in [-0.3, -0.25) is 4.79 Å². The summed E-state index contributed by atoms with van der Waals surface area (Å²) >= 11 is 6.01. The highest BCUT2D eigenvalue weighted by atomic mass is 35.5. The average molecular weight is 383 g/mol. The van der Waals surface area contributed by atoms with E-state index in [1.54, 1.807) is 13.2 Å². The number of halogens is 1. The molecular weight excluding hydrogens is 364 g/mol. The molecule has 1 heterocycles. The maximum atomic E-state index is 12.3. The summed E-state index contributed by atoms with van der Waals surface area (Å²) in [6, 6.07) is 13.0. The molecule has 0 unspecified atom stereocenters. The zero-order chi connectivity index (χ0) is 19.2. The number of aryl methyl sites for hydroxylation is 1. The Labute approximate surface area is 162 Å². The summed E-state index contributed by atoms with van der Waals surface area (Å²) in [7, 11) is 1.61. The van der Waals surface area contributed by atoms with Crippen molar-refractivity contribution in [1.29, 1.82) is 0 Å². The Morgan fingerprint density at radius 2 is 1.81 bits per heavy atom. The van der Waals surface area contributed by atoms with E-state index < -0.39 is 0 Å². The monoisotopic (exact) mass is 382 g/mol. The van der Waals surface area contributed by atoms with Crippen molar-refractivity contribution in [3.05, 3.63) is 76.6 Å². The van der Waals surface area contributed by atoms with Crippen molar-refractivity contribution in [2.24, 2.45) is 0 Å². The van der Waals surface area contributed by atoms with Gasteiger partial charge >= 0.3 is 0 Å². The van der Waals surface area contributed by atoms with E-state index in [1.165, 1.54) is 12.4 Å². The lowest BCUT2D eigenvalue weighted by Crippen LogP contribution is -2.23. The second kappa shape index (κ2) is 8.51. The molecule has 0 saturated carbocycles. The molecule has 0 atom stereocenters. The van der Waals surface area contributed by atoms with Crippen LogP contribution in [0.25, 0.3) is 0 Å². The highest BCUT2D eigenvalue weighted by Gasteiger charge is 2.08. The van der Waals surface area contributed by atoms with Gasteiger partial charge in [-0.1, -0.05) is 29.8 Å². The Kier molecular flexibility index (Phi) is 5.88. The van der Waals surface area contributed by atoms with Gasteiger partial charge in [-0.25, -0.2) is 9.97 Å². The number of ether oxygens (including phenoxy) is 1. The van der Waals surface area contributed by atoms with E-state index in [0.717, 1.165) is 22.6 Å². The van der Waals surface area contributed by atoms with Gasteiger partial charge in [0.25, 0.3) is 5.91 Å². The molecule has 27 heavy (non-hydrogen) atoms. The minimum Gasteiger partial charge on any atom is -0.497 e. The van der Waals surface area contributed by atoms with E-state index in [-0.39, 0.29) is 5.91 Å². The highest BCUT2D eigenvalue weighted by molar-refractivity contribution is 6.30. The SMILES string of the molecule is COc1ccc(CNC(=O)c2cnc(Nc3cc(Cl)ccc3C)nc2)cc1. The Balaban J connectivity index is 1.60. The second-order valence-electron chi connectivity index (χ2n) is 5.91. The topological polar surface area (TPSA) is 76.1 Å². The molecule has 2 N–H and O–H groups in total. The molecule has 1 aromatic heterocycles. The van der Waals surface area contributed by atoms with Crippen LogP contribution in [0.2, 0.25) is 5.02 Å². The van der Waals surface area contributed by atoms with Gasteiger partial charge in [-0.05, 0) is 42.3 Å². The van der Waals surface area contributed by atoms with Crippen LogP contribution in [0, 0.1) is 6.92 Å². The second-order valence-corrected chi connectivity index (χ2v) is 6.35. The third-order valence-corrected chi connectivity index (χ3v) is 4.21. The molecular formula is C20H19ClN4O2. The van der Waals surface area contributed by atoms with Gasteiger partial charge in [0.1, 0.15) is 5.75 Å². The van der Waals surface area contributed by atoms with Gasteiger partial charge in [0.2, 0.25) is 5.95 Å². The van der Waals surface area contributed by atoms with E-state index in [2.05, 4.69) is 20.6 Å². The predicted octanol–water partition coefficient (Wildman–Crippen LogP) is 4.12. The summed E-state index contributed by atoms with van der Waals surface area (Å²) in [4.78, 5) is 20.7. The van der Waals surface area contributed by atoms with Gasteiger partial charge in [0.15, 0.2) is 0 Å². The first-order chi connectivity index (χ1) is 13.0. The molecule has 7 heteroatoms. The quantitative estimate of drug-likeness (QED) is 0.670. The predicted molar refractivity (Wildman–Crippen MR) is 106 cm³/mol. The molecule has 2 aromatic carbocycles. The number of benzene rings is 2. The fourth-order valence-electron chi connectivity index (χ4n) is 2.39. The van der Waals surface area contributed by atoms with Crippen LogP contribution < -0.4 is 15.4 Å². The zero-order valence-electron chi connectivity index (χ0n) is 15.0. The van der Waals surface area contributed by atoms with E-state index in [9.17, 15) is 4.79 Å². The number of hydrogen-bond donors (Lipinski definition) is 2. The van der Waals surface area contributed by atoms with Crippen LogP contribution in [0.3, 0.4) is 0 Å². The number of carbonyl (C=O) groups is 1. The Hall–Kier alpha value is -3.12. The molecule has 0 saturated heterocycles. The number of hydrogen-bond acceptors (Lipinski definition) is 5. The normalized spacial score (nSPS) is 10.3. The lowest BCUT2D eigenvalue weighted by atomic mass is 10.2. The van der Waals surface area contributed by atoms with Crippen molar-refractivity contribution in [2.45, 2.75) is 13.5 Å². The van der Waals surface area contributed by atoms with Crippen molar-refractivity contribution in [3.8, 4) is 5.75 Å². The zero-order valence-corrected chi connectivity index (χ0v) is 15.7. The fraction of sp³-hybridized carbons (Fsp3) is 0.150. The Morgan fingerprint density at radius 1 is 1.11 bits per heavy atom. The third kappa shape index (κ3) is 4.95. The summed E-state index contributed by atoms with van der Waals surface area (Å²) in [6.07, 6.45) is 2.97. The number of methoxy groups -OCH3 is 1. The number of nitrogens with zero attached hydrogens (tertiary/aromatic N) is 2. The molecule has 3 aromatic rings. The minimum atomic E-state index is -0.240. The number of anilines is 2. The van der Waals surface area contributed by atoms with Crippen LogP contribution in [0.1, 0.15) is 21.5 Å². The number of nitrogens with one attached hydrogen (secondary N) is 2. The van der Waals surface area contributed by atoms with Crippen molar-refractivity contribution in [2.75, 3.05) is 12.4 Å². The number of carbonyl (C=O) groups excluding carboxylic acids is 1. The molecule has 3 rings (SSSR count). The Morgan fingerprint density at radius 3 is 2.48 bits per heavy atom. The summed E-state index contributed by atoms with van der Waals surface area (Å²) in [5.41, 5.74) is 3.19. The Bertz CT molecular complexity index is 928. The van der Waals surface area contributed by atoms with Crippen LogP contribution in [-0.4, -0.2) is 23.0 Å². The van der Waals surface area contributed by atoms with Gasteiger partial charge < -0.3 is 15.4 Å². The van der Waals surface area contributed by atoms with Crippen LogP contribution in [0.4, 0.5) is 11.6 Å². The molecule has 0 radical (unpaired) electrons. The van der Waals surface area contributed by atoms with E-state index in [0.29, 0.717) is 23.1 Å². The van der Waals surface area contributed by atoms with Gasteiger partial charge in [0.05, 0.1) is 12.7 Å². The van der Waals surface area contributed by atoms with E-state index in [1.807, 2.05) is 43.3 Å². The fourth-order valence-corrected chi connectivity index (χ4v) is 2.56. The maximum absolute atomic E-state index is 12.3. The summed E-state index contributed by atoms with van der Waals surface area (Å²) < 4.78 is 5.11. The standard InChI is InChI=1S/C20H19ClN4O2/c1-13-3-6-16(21)9-18(13)25-20-23-11-15(12-24-20)19(26)22-10-14-4-7-17(27-2)8-5-14/h3-9,11-12H,10H2,1-2H3,(H,22,26)(H,23,24,25). The number of amides is 1. The first kappa shape index (κ1) is 18.7. The van der Waals surface area contributed by atoms with E-state index >= 15 is 0 Å². The first-order valence-corrected chi connectivity index (χ1v) is 8.69. The molecule has 0 aliphatic rings. The third-order valence-electron chi connectivity index (χ3n) is 3.97. The van der Waals surface area contributed by atoms with Gasteiger partial charge in [-0.15, -0.1) is 0 Å². The van der Waals surface area contributed by atoms with Crippen LogP contribution in [0.15, 0.2) is 54.9 Å². The van der Waals surface area contributed by atoms with Crippen LogP contribution in [0.5, 0.6) is 5.75 Å². The highest BCUT2D eigenvalue weighted by Crippen LogP contribution is 2.22. The molecule has 0 fully saturated rings. The van der Waals surface area contributed by atoms with Crippen LogP contribution >= 0.6 is 11.6 Å². The first-order valence-electron chi connectivity index (χ1n) is 8.31. The van der Waals surface area contributed by atoms with Gasteiger partial charge in [-0.2, -0.15) is 0 Å². The maximum Gasteiger partial charge on any atom is 0.254 e. The lowest BCUT2D eigenvalue weighted by molar-refractivity contribution is 0.0950. The van der Waals surface area contributed by atoms with E-state index in [4.69, 9.17) is 16.3 Å². The minimum absolute atomic E-state index is 0.240. The molecule has 0 aliphatic carbocycles. The van der Waals surface area contributed by atoms with Crippen molar-refractivity contribution >= 4 is 29.1 Å². The van der Waals surface area contributed by atoms with Crippen molar-refractivity contribution in [3.63, 3.8) is 0 Å². The molecule has 1 amide bonds. The van der Waals surface area contributed by atoms with Crippen molar-refractivity contribution in [1.82, 2.24) is 15.3 Å². The van der Waals surface area contributed by atoms with Crippen molar-refractivity contribution < 1.29 is 9.53 Å². The van der Waals surface area contributed by atoms with Crippen LogP contribution in [-0.2, 0) is 6.54 Å². The molecule has 0 aliphatic heterocycles. The molecule has 138 valence electrons. The summed E-state index contributed by atoms with van der Waals surface area (Å²) in [6.45, 7) is 2.37. The summed E-state index contributed by atoms with van der Waals surface area (Å²) in [5, 5.41) is 6.56. The molecule has 0 bridgehead atoms.